The zero-order valence-electron chi connectivity index (χ0n) is 14.2. The maximum atomic E-state index is 12.0. The number of nitrogens with zero attached hydrogens (tertiary/aromatic N) is 1. The second-order valence-corrected chi connectivity index (χ2v) is 6.36. The van der Waals surface area contributed by atoms with Crippen LogP contribution in [0.15, 0.2) is 0 Å². The molecule has 2 N–H and O–H groups in total. The summed E-state index contributed by atoms with van der Waals surface area (Å²) in [5.41, 5.74) is 0. The smallest absolute Gasteiger partial charge is 0.220 e. The van der Waals surface area contributed by atoms with E-state index in [2.05, 4.69) is 15.5 Å². The Morgan fingerprint density at radius 2 is 2.00 bits per heavy atom. The molecule has 0 aliphatic carbocycles. The number of halogens is 2. The lowest BCUT2D eigenvalue weighted by molar-refractivity contribution is -0.121. The van der Waals surface area contributed by atoms with Crippen molar-refractivity contribution in [3.63, 3.8) is 0 Å². The minimum atomic E-state index is 0. The minimum absolute atomic E-state index is 0. The van der Waals surface area contributed by atoms with E-state index in [-0.39, 0.29) is 30.7 Å². The Kier molecular flexibility index (Phi) is 13.2. The van der Waals surface area contributed by atoms with Crippen LogP contribution in [0.3, 0.4) is 0 Å². The van der Waals surface area contributed by atoms with E-state index in [1.54, 1.807) is 7.11 Å². The van der Waals surface area contributed by atoms with E-state index >= 15 is 0 Å². The van der Waals surface area contributed by atoms with E-state index in [0.29, 0.717) is 12.5 Å². The van der Waals surface area contributed by atoms with Crippen molar-refractivity contribution in [1.29, 1.82) is 0 Å². The molecule has 2 aliphatic heterocycles. The number of ether oxygens (including phenoxy) is 1. The Labute approximate surface area is 153 Å². The van der Waals surface area contributed by atoms with Crippen LogP contribution in [0, 0.1) is 5.92 Å². The molecule has 1 amide bonds. The molecule has 23 heavy (non-hydrogen) atoms. The molecule has 1 atom stereocenters. The van der Waals surface area contributed by atoms with Gasteiger partial charge in [-0.3, -0.25) is 9.69 Å². The Balaban J connectivity index is 0.00000242. The molecule has 2 fully saturated rings. The predicted octanol–water partition coefficient (Wildman–Crippen LogP) is 1.84. The number of piperidine rings is 1. The van der Waals surface area contributed by atoms with Crippen LogP contribution in [0.4, 0.5) is 0 Å². The van der Waals surface area contributed by atoms with Crippen molar-refractivity contribution in [3.8, 4) is 0 Å². The summed E-state index contributed by atoms with van der Waals surface area (Å²) in [6.07, 6.45) is 6.61. The fourth-order valence-corrected chi connectivity index (χ4v) is 3.45. The van der Waals surface area contributed by atoms with Gasteiger partial charge in [0, 0.05) is 32.7 Å². The minimum Gasteiger partial charge on any atom is -0.383 e. The van der Waals surface area contributed by atoms with Crippen molar-refractivity contribution < 1.29 is 9.53 Å². The zero-order valence-corrected chi connectivity index (χ0v) is 15.9. The summed E-state index contributed by atoms with van der Waals surface area (Å²) < 4.78 is 5.15. The molecule has 0 aromatic rings. The van der Waals surface area contributed by atoms with Gasteiger partial charge < -0.3 is 15.4 Å². The average molecular weight is 370 g/mol. The average Bonchev–Trinajstić information content (AvgIpc) is 2.97. The van der Waals surface area contributed by atoms with Gasteiger partial charge in [-0.2, -0.15) is 0 Å². The molecule has 0 radical (unpaired) electrons. The third kappa shape index (κ3) is 8.54. The molecule has 0 aromatic heterocycles. The van der Waals surface area contributed by atoms with Gasteiger partial charge in [-0.1, -0.05) is 0 Å². The number of hydrogen-bond acceptors (Lipinski definition) is 4. The van der Waals surface area contributed by atoms with Crippen LogP contribution in [0.25, 0.3) is 0 Å². The lowest BCUT2D eigenvalue weighted by atomic mass is 9.93. The van der Waals surface area contributed by atoms with E-state index in [1.807, 2.05) is 0 Å². The normalized spacial score (nSPS) is 22.2. The molecule has 0 aromatic carbocycles. The number of amides is 1. The number of rotatable bonds is 8. The Bertz CT molecular complexity index is 316. The van der Waals surface area contributed by atoms with Crippen molar-refractivity contribution in [2.75, 3.05) is 46.4 Å². The number of carbonyl (C=O) groups is 1. The van der Waals surface area contributed by atoms with E-state index in [9.17, 15) is 4.79 Å². The first-order valence-corrected chi connectivity index (χ1v) is 8.50. The van der Waals surface area contributed by atoms with Gasteiger partial charge in [0.15, 0.2) is 0 Å². The van der Waals surface area contributed by atoms with E-state index in [4.69, 9.17) is 4.74 Å². The van der Waals surface area contributed by atoms with Crippen LogP contribution in [-0.2, 0) is 9.53 Å². The van der Waals surface area contributed by atoms with Gasteiger partial charge in [0.1, 0.15) is 0 Å². The molecule has 1 unspecified atom stereocenters. The van der Waals surface area contributed by atoms with Gasteiger partial charge in [-0.05, 0) is 57.7 Å². The summed E-state index contributed by atoms with van der Waals surface area (Å²) >= 11 is 0. The quantitative estimate of drug-likeness (QED) is 0.685. The molecule has 2 aliphatic rings. The third-order valence-electron chi connectivity index (χ3n) is 4.85. The van der Waals surface area contributed by atoms with Crippen LogP contribution < -0.4 is 10.6 Å². The lowest BCUT2D eigenvalue weighted by Gasteiger charge is -2.25. The van der Waals surface area contributed by atoms with E-state index in [1.165, 1.54) is 25.7 Å². The summed E-state index contributed by atoms with van der Waals surface area (Å²) in [5.74, 6) is 0.966. The van der Waals surface area contributed by atoms with E-state index < -0.39 is 0 Å². The monoisotopic (exact) mass is 369 g/mol. The first-order valence-electron chi connectivity index (χ1n) is 8.50. The van der Waals surface area contributed by atoms with Gasteiger partial charge >= 0.3 is 0 Å². The highest BCUT2D eigenvalue weighted by atomic mass is 35.5. The van der Waals surface area contributed by atoms with Gasteiger partial charge in [0.25, 0.3) is 0 Å². The van der Waals surface area contributed by atoms with Gasteiger partial charge in [-0.15, -0.1) is 24.8 Å². The first kappa shape index (κ1) is 22.9. The summed E-state index contributed by atoms with van der Waals surface area (Å²) in [6.45, 7) is 5.92. The molecule has 0 saturated carbocycles. The second kappa shape index (κ2) is 13.2. The summed E-state index contributed by atoms with van der Waals surface area (Å²) in [5, 5.41) is 6.50. The van der Waals surface area contributed by atoms with Gasteiger partial charge in [0.2, 0.25) is 5.91 Å². The van der Waals surface area contributed by atoms with Crippen molar-refractivity contribution in [2.24, 2.45) is 5.92 Å². The Morgan fingerprint density at radius 1 is 1.26 bits per heavy atom. The Morgan fingerprint density at radius 3 is 2.70 bits per heavy atom. The van der Waals surface area contributed by atoms with Crippen molar-refractivity contribution in [2.45, 2.75) is 44.6 Å². The molecule has 2 saturated heterocycles. The molecule has 0 spiro atoms. The number of methoxy groups -OCH3 is 1. The number of nitrogens with one attached hydrogen (secondary N) is 2. The van der Waals surface area contributed by atoms with E-state index in [0.717, 1.165) is 51.7 Å². The standard InChI is InChI=1S/C16H31N3O2.2ClH/c1-21-12-11-19-10-2-3-15(19)13-18-16(20)5-4-14-6-8-17-9-7-14;;/h14-15,17H,2-13H2,1H3,(H,18,20);2*1H. The maximum absolute atomic E-state index is 12.0. The largest absolute Gasteiger partial charge is 0.383 e. The number of hydrogen-bond donors (Lipinski definition) is 2. The van der Waals surface area contributed by atoms with Gasteiger partial charge in [0.05, 0.1) is 6.61 Å². The van der Waals surface area contributed by atoms with Crippen LogP contribution in [0.2, 0.25) is 0 Å². The maximum Gasteiger partial charge on any atom is 0.220 e. The highest BCUT2D eigenvalue weighted by Crippen LogP contribution is 2.18. The second-order valence-electron chi connectivity index (χ2n) is 6.36. The highest BCUT2D eigenvalue weighted by molar-refractivity contribution is 5.85. The summed E-state index contributed by atoms with van der Waals surface area (Å²) in [7, 11) is 1.74. The Hall–Kier alpha value is -0.0700. The SMILES string of the molecule is COCCN1CCCC1CNC(=O)CCC1CCNCC1.Cl.Cl. The third-order valence-corrected chi connectivity index (χ3v) is 4.85. The molecule has 7 heteroatoms. The van der Waals surface area contributed by atoms with Crippen LogP contribution >= 0.6 is 24.8 Å². The van der Waals surface area contributed by atoms with Crippen LogP contribution in [-0.4, -0.2) is 63.3 Å². The number of likely N-dealkylation sites (tertiary alicyclic amines) is 1. The first-order chi connectivity index (χ1) is 10.3. The van der Waals surface area contributed by atoms with Gasteiger partial charge in [-0.25, -0.2) is 0 Å². The van der Waals surface area contributed by atoms with Crippen molar-refractivity contribution >= 4 is 30.7 Å². The van der Waals surface area contributed by atoms with Crippen molar-refractivity contribution in [3.05, 3.63) is 0 Å². The molecule has 2 heterocycles. The van der Waals surface area contributed by atoms with Crippen LogP contribution in [0.5, 0.6) is 0 Å². The number of carbonyl (C=O) groups excluding carboxylic acids is 1. The van der Waals surface area contributed by atoms with Crippen molar-refractivity contribution in [1.82, 2.24) is 15.5 Å². The molecular weight excluding hydrogens is 337 g/mol. The van der Waals surface area contributed by atoms with Crippen LogP contribution in [0.1, 0.15) is 38.5 Å². The fourth-order valence-electron chi connectivity index (χ4n) is 3.45. The molecule has 2 rings (SSSR count). The topological polar surface area (TPSA) is 53.6 Å². The predicted molar refractivity (Wildman–Crippen MR) is 98.8 cm³/mol. The fraction of sp³-hybridized carbons (Fsp3) is 0.938. The molecular formula is C16H33Cl2N3O2. The summed E-state index contributed by atoms with van der Waals surface area (Å²) in [6, 6.07) is 0.503. The molecule has 0 bridgehead atoms. The molecule has 138 valence electrons. The lowest BCUT2D eigenvalue weighted by Crippen LogP contribution is -2.41. The highest BCUT2D eigenvalue weighted by Gasteiger charge is 2.24. The molecule has 5 nitrogen and oxygen atoms in total. The summed E-state index contributed by atoms with van der Waals surface area (Å²) in [4.78, 5) is 14.4. The zero-order chi connectivity index (χ0) is 14.9.